The van der Waals surface area contributed by atoms with Crippen molar-refractivity contribution in [2.24, 2.45) is 0 Å². The Morgan fingerprint density at radius 3 is 2.78 bits per heavy atom. The molecule has 3 rings (SSSR count). The largest absolute Gasteiger partial charge is 0.331 e. The zero-order valence-corrected chi connectivity index (χ0v) is 12.9. The summed E-state index contributed by atoms with van der Waals surface area (Å²) in [6.45, 7) is 0.386. The predicted molar refractivity (Wildman–Crippen MR) is 85.2 cm³/mol. The minimum Gasteiger partial charge on any atom is -0.331 e. The third-order valence-corrected chi connectivity index (χ3v) is 3.95. The number of nitro benzene ring substituents is 1. The van der Waals surface area contributed by atoms with Crippen molar-refractivity contribution in [3.63, 3.8) is 0 Å². The van der Waals surface area contributed by atoms with E-state index in [1.165, 1.54) is 18.2 Å². The van der Waals surface area contributed by atoms with E-state index in [-0.39, 0.29) is 28.2 Å². The van der Waals surface area contributed by atoms with Gasteiger partial charge in [0, 0.05) is 36.1 Å². The van der Waals surface area contributed by atoms with Crippen molar-refractivity contribution >= 4 is 23.2 Å². The van der Waals surface area contributed by atoms with E-state index >= 15 is 0 Å². The zero-order valence-electron chi connectivity index (χ0n) is 12.2. The normalized spacial score (nSPS) is 13.6. The third kappa shape index (κ3) is 3.48. The summed E-state index contributed by atoms with van der Waals surface area (Å²) in [5.74, 6) is -0.347. The number of carbonyl (C=O) groups is 1. The Hall–Kier alpha value is -2.47. The van der Waals surface area contributed by atoms with Gasteiger partial charge in [0.05, 0.1) is 4.92 Å². The molecular weight excluding hydrogens is 318 g/mol. The van der Waals surface area contributed by atoms with Gasteiger partial charge in [-0.1, -0.05) is 17.7 Å². The molecule has 1 fully saturated rings. The molecule has 23 heavy (non-hydrogen) atoms. The van der Waals surface area contributed by atoms with Crippen LogP contribution in [0.2, 0.25) is 5.02 Å². The van der Waals surface area contributed by atoms with Gasteiger partial charge in [0.2, 0.25) is 0 Å². The van der Waals surface area contributed by atoms with Crippen molar-refractivity contribution < 1.29 is 9.72 Å². The second-order valence-electron chi connectivity index (χ2n) is 5.44. The van der Waals surface area contributed by atoms with Crippen LogP contribution in [0.5, 0.6) is 0 Å². The van der Waals surface area contributed by atoms with Gasteiger partial charge < -0.3 is 4.90 Å². The fourth-order valence-electron chi connectivity index (χ4n) is 2.43. The fraction of sp³-hybridized carbons (Fsp3) is 0.250. The number of pyridine rings is 1. The lowest BCUT2D eigenvalue weighted by atomic mass is 10.1. The Morgan fingerprint density at radius 2 is 2.17 bits per heavy atom. The maximum Gasteiger partial charge on any atom is 0.283 e. The summed E-state index contributed by atoms with van der Waals surface area (Å²) in [6.07, 6.45) is 5.18. The van der Waals surface area contributed by atoms with Gasteiger partial charge in [0.1, 0.15) is 5.56 Å². The van der Waals surface area contributed by atoms with Crippen LogP contribution in [0.3, 0.4) is 0 Å². The summed E-state index contributed by atoms with van der Waals surface area (Å²) in [5.41, 5.74) is 0.693. The number of nitro groups is 1. The third-order valence-electron chi connectivity index (χ3n) is 3.71. The standard InChI is InChI=1S/C16H14ClN3O3/c17-12-3-6-14(15(8-12)20(22)23)16(21)19(13-4-5-13)10-11-2-1-7-18-9-11/h1-3,6-9,13H,4-5,10H2. The Morgan fingerprint density at radius 1 is 1.39 bits per heavy atom. The first-order valence-electron chi connectivity index (χ1n) is 7.20. The minimum absolute atomic E-state index is 0.0650. The molecule has 1 heterocycles. The Kier molecular flexibility index (Phi) is 4.25. The average Bonchev–Trinajstić information content (AvgIpc) is 3.37. The molecule has 118 valence electrons. The molecule has 0 radical (unpaired) electrons. The van der Waals surface area contributed by atoms with E-state index in [9.17, 15) is 14.9 Å². The number of amides is 1. The maximum absolute atomic E-state index is 12.8. The predicted octanol–water partition coefficient (Wildman–Crippen LogP) is 3.45. The van der Waals surface area contributed by atoms with E-state index in [2.05, 4.69) is 4.98 Å². The lowest BCUT2D eigenvalue weighted by Gasteiger charge is -2.22. The molecule has 0 spiro atoms. The summed E-state index contributed by atoms with van der Waals surface area (Å²) in [7, 11) is 0. The van der Waals surface area contributed by atoms with Crippen LogP contribution in [0, 0.1) is 10.1 Å². The van der Waals surface area contributed by atoms with Crippen LogP contribution in [-0.4, -0.2) is 26.8 Å². The topological polar surface area (TPSA) is 76.3 Å². The van der Waals surface area contributed by atoms with Crippen molar-refractivity contribution in [3.8, 4) is 0 Å². The van der Waals surface area contributed by atoms with E-state index < -0.39 is 4.92 Å². The number of rotatable bonds is 5. The van der Waals surface area contributed by atoms with Crippen LogP contribution < -0.4 is 0 Å². The monoisotopic (exact) mass is 331 g/mol. The smallest absolute Gasteiger partial charge is 0.283 e. The van der Waals surface area contributed by atoms with Gasteiger partial charge in [0.15, 0.2) is 0 Å². The summed E-state index contributed by atoms with van der Waals surface area (Å²) in [5, 5.41) is 11.4. The van der Waals surface area contributed by atoms with Gasteiger partial charge >= 0.3 is 0 Å². The Labute approximate surface area is 137 Å². The van der Waals surface area contributed by atoms with Crippen molar-refractivity contribution in [1.29, 1.82) is 0 Å². The molecule has 0 unspecified atom stereocenters. The molecule has 1 saturated carbocycles. The van der Waals surface area contributed by atoms with Gasteiger partial charge in [-0.15, -0.1) is 0 Å². The zero-order chi connectivity index (χ0) is 16.4. The highest BCUT2D eigenvalue weighted by molar-refractivity contribution is 6.31. The molecule has 6 nitrogen and oxygen atoms in total. The van der Waals surface area contributed by atoms with Crippen LogP contribution in [0.4, 0.5) is 5.69 Å². The number of halogens is 1. The van der Waals surface area contributed by atoms with Gasteiger partial charge in [-0.05, 0) is 36.6 Å². The molecule has 1 amide bonds. The van der Waals surface area contributed by atoms with E-state index in [1.54, 1.807) is 23.4 Å². The molecule has 0 aliphatic heterocycles. The van der Waals surface area contributed by atoms with Gasteiger partial charge in [-0.3, -0.25) is 19.9 Å². The van der Waals surface area contributed by atoms with Crippen LogP contribution in [0.25, 0.3) is 0 Å². The van der Waals surface area contributed by atoms with Gasteiger partial charge in [0.25, 0.3) is 11.6 Å². The number of nitrogens with zero attached hydrogens (tertiary/aromatic N) is 3. The van der Waals surface area contributed by atoms with Crippen molar-refractivity contribution in [2.45, 2.75) is 25.4 Å². The molecular formula is C16H14ClN3O3. The fourth-order valence-corrected chi connectivity index (χ4v) is 2.60. The molecule has 0 bridgehead atoms. The SMILES string of the molecule is O=C(c1ccc(Cl)cc1[N+](=O)[O-])N(Cc1cccnc1)C1CC1. The summed E-state index contributed by atoms with van der Waals surface area (Å²) >= 11 is 5.81. The van der Waals surface area contributed by atoms with E-state index in [1.807, 2.05) is 6.07 Å². The van der Waals surface area contributed by atoms with Crippen LogP contribution in [0.15, 0.2) is 42.7 Å². The Bertz CT molecular complexity index is 747. The highest BCUT2D eigenvalue weighted by atomic mass is 35.5. The van der Waals surface area contributed by atoms with Crippen LogP contribution in [-0.2, 0) is 6.54 Å². The average molecular weight is 332 g/mol. The van der Waals surface area contributed by atoms with E-state index in [4.69, 9.17) is 11.6 Å². The lowest BCUT2D eigenvalue weighted by molar-refractivity contribution is -0.385. The number of carbonyl (C=O) groups excluding carboxylic acids is 1. The van der Waals surface area contributed by atoms with Crippen molar-refractivity contribution in [1.82, 2.24) is 9.88 Å². The molecule has 1 aliphatic rings. The molecule has 0 atom stereocenters. The second-order valence-corrected chi connectivity index (χ2v) is 5.88. The maximum atomic E-state index is 12.8. The first kappa shape index (κ1) is 15.4. The summed E-state index contributed by atoms with van der Waals surface area (Å²) in [6, 6.07) is 7.93. The van der Waals surface area contributed by atoms with Crippen molar-refractivity contribution in [3.05, 3.63) is 69.0 Å². The highest BCUT2D eigenvalue weighted by Gasteiger charge is 2.35. The second kappa shape index (κ2) is 6.34. The summed E-state index contributed by atoms with van der Waals surface area (Å²) in [4.78, 5) is 29.2. The number of benzene rings is 1. The van der Waals surface area contributed by atoms with Crippen LogP contribution >= 0.6 is 11.6 Å². The number of aromatic nitrogens is 1. The molecule has 1 aromatic carbocycles. The molecule has 1 aromatic heterocycles. The number of hydrogen-bond donors (Lipinski definition) is 0. The van der Waals surface area contributed by atoms with Crippen LogP contribution in [0.1, 0.15) is 28.8 Å². The highest BCUT2D eigenvalue weighted by Crippen LogP contribution is 2.32. The van der Waals surface area contributed by atoms with Gasteiger partial charge in [-0.25, -0.2) is 0 Å². The Balaban J connectivity index is 1.92. The quantitative estimate of drug-likeness (QED) is 0.621. The van der Waals surface area contributed by atoms with E-state index in [0.29, 0.717) is 6.54 Å². The minimum atomic E-state index is -0.575. The molecule has 2 aromatic rings. The van der Waals surface area contributed by atoms with Gasteiger partial charge in [-0.2, -0.15) is 0 Å². The van der Waals surface area contributed by atoms with E-state index in [0.717, 1.165) is 18.4 Å². The van der Waals surface area contributed by atoms with Crippen molar-refractivity contribution in [2.75, 3.05) is 0 Å². The molecule has 0 N–H and O–H groups in total. The molecule has 1 aliphatic carbocycles. The summed E-state index contributed by atoms with van der Waals surface area (Å²) < 4.78 is 0. The lowest BCUT2D eigenvalue weighted by Crippen LogP contribution is -2.33. The molecule has 7 heteroatoms. The first-order chi connectivity index (χ1) is 11.1. The molecule has 0 saturated heterocycles. The first-order valence-corrected chi connectivity index (χ1v) is 7.58. The number of hydrogen-bond acceptors (Lipinski definition) is 4.